The standard InChI is InChI=1S/C13H31N3O2S/c1-6-14-11-13(4)19(17,18)15-9-7-8-10-16(5)12(2)3/h12-15H,6-11H2,1-5H3. The largest absolute Gasteiger partial charge is 0.316 e. The van der Waals surface area contributed by atoms with E-state index in [9.17, 15) is 8.42 Å². The fourth-order valence-electron chi connectivity index (χ4n) is 1.56. The summed E-state index contributed by atoms with van der Waals surface area (Å²) in [6.07, 6.45) is 1.89. The lowest BCUT2D eigenvalue weighted by atomic mass is 10.2. The van der Waals surface area contributed by atoms with Gasteiger partial charge in [0.2, 0.25) is 10.0 Å². The Labute approximate surface area is 119 Å². The monoisotopic (exact) mass is 293 g/mol. The second-order valence-corrected chi connectivity index (χ2v) is 7.52. The van der Waals surface area contributed by atoms with Gasteiger partial charge in [-0.3, -0.25) is 0 Å². The van der Waals surface area contributed by atoms with Crippen LogP contribution in [0.5, 0.6) is 0 Å². The Morgan fingerprint density at radius 2 is 1.79 bits per heavy atom. The van der Waals surface area contributed by atoms with Crippen LogP contribution in [0, 0.1) is 0 Å². The summed E-state index contributed by atoms with van der Waals surface area (Å²) in [5.74, 6) is 0. The molecule has 0 heterocycles. The summed E-state index contributed by atoms with van der Waals surface area (Å²) in [7, 11) is -1.09. The van der Waals surface area contributed by atoms with Crippen molar-refractivity contribution in [2.24, 2.45) is 0 Å². The third-order valence-electron chi connectivity index (χ3n) is 3.33. The molecule has 0 aromatic rings. The van der Waals surface area contributed by atoms with Crippen molar-refractivity contribution < 1.29 is 8.42 Å². The van der Waals surface area contributed by atoms with Gasteiger partial charge < -0.3 is 10.2 Å². The Morgan fingerprint density at radius 3 is 2.32 bits per heavy atom. The van der Waals surface area contributed by atoms with Crippen LogP contribution >= 0.6 is 0 Å². The van der Waals surface area contributed by atoms with Crippen molar-refractivity contribution in [1.82, 2.24) is 14.9 Å². The normalized spacial score (nSPS) is 14.3. The Kier molecular flexibility index (Phi) is 9.60. The van der Waals surface area contributed by atoms with Crippen molar-refractivity contribution in [2.75, 3.05) is 33.2 Å². The molecule has 0 saturated heterocycles. The van der Waals surface area contributed by atoms with Crippen LogP contribution < -0.4 is 10.0 Å². The number of hydrogen-bond donors (Lipinski definition) is 2. The number of sulfonamides is 1. The molecule has 19 heavy (non-hydrogen) atoms. The summed E-state index contributed by atoms with van der Waals surface area (Å²) in [4.78, 5) is 2.27. The summed E-state index contributed by atoms with van der Waals surface area (Å²) in [5, 5.41) is 2.67. The number of unbranched alkanes of at least 4 members (excludes halogenated alkanes) is 1. The number of rotatable bonds is 11. The summed E-state index contributed by atoms with van der Waals surface area (Å²) in [6.45, 7) is 10.9. The second-order valence-electron chi connectivity index (χ2n) is 5.34. The second kappa shape index (κ2) is 9.69. The van der Waals surface area contributed by atoms with E-state index in [0.717, 1.165) is 25.9 Å². The highest BCUT2D eigenvalue weighted by Gasteiger charge is 2.18. The lowest BCUT2D eigenvalue weighted by Crippen LogP contribution is -2.39. The Hall–Kier alpha value is -0.170. The Morgan fingerprint density at radius 1 is 1.16 bits per heavy atom. The highest BCUT2D eigenvalue weighted by atomic mass is 32.2. The molecule has 6 heteroatoms. The van der Waals surface area contributed by atoms with E-state index in [1.807, 2.05) is 6.92 Å². The molecule has 0 bridgehead atoms. The highest BCUT2D eigenvalue weighted by molar-refractivity contribution is 7.90. The molecule has 0 amide bonds. The molecule has 0 aliphatic heterocycles. The van der Waals surface area contributed by atoms with Crippen molar-refractivity contribution in [3.63, 3.8) is 0 Å². The summed E-state index contributed by atoms with van der Waals surface area (Å²) < 4.78 is 26.4. The minimum atomic E-state index is -3.18. The van der Waals surface area contributed by atoms with E-state index in [1.54, 1.807) is 6.92 Å². The third kappa shape index (κ3) is 8.57. The molecule has 0 spiro atoms. The average molecular weight is 293 g/mol. The van der Waals surface area contributed by atoms with Crippen LogP contribution in [0.15, 0.2) is 0 Å². The first kappa shape index (κ1) is 18.8. The van der Waals surface area contributed by atoms with Crippen molar-refractivity contribution in [1.29, 1.82) is 0 Å². The van der Waals surface area contributed by atoms with Crippen molar-refractivity contribution in [3.8, 4) is 0 Å². The third-order valence-corrected chi connectivity index (χ3v) is 5.17. The van der Waals surface area contributed by atoms with Gasteiger partial charge in [-0.2, -0.15) is 0 Å². The van der Waals surface area contributed by atoms with E-state index in [-0.39, 0.29) is 5.25 Å². The predicted molar refractivity (Wildman–Crippen MR) is 81.9 cm³/mol. The first-order valence-electron chi connectivity index (χ1n) is 7.20. The molecule has 1 unspecified atom stereocenters. The van der Waals surface area contributed by atoms with E-state index in [1.165, 1.54) is 0 Å². The molecule has 0 fully saturated rings. The van der Waals surface area contributed by atoms with Crippen LogP contribution in [-0.4, -0.2) is 57.8 Å². The number of nitrogens with one attached hydrogen (secondary N) is 2. The molecule has 2 N–H and O–H groups in total. The zero-order valence-electron chi connectivity index (χ0n) is 13.1. The minimum absolute atomic E-state index is 0.384. The molecule has 0 saturated carbocycles. The van der Waals surface area contributed by atoms with Crippen LogP contribution in [0.25, 0.3) is 0 Å². The lowest BCUT2D eigenvalue weighted by molar-refractivity contribution is 0.268. The topological polar surface area (TPSA) is 61.4 Å². The van der Waals surface area contributed by atoms with Crippen LogP contribution in [0.4, 0.5) is 0 Å². The maximum Gasteiger partial charge on any atom is 0.215 e. The van der Waals surface area contributed by atoms with E-state index in [0.29, 0.717) is 19.1 Å². The van der Waals surface area contributed by atoms with Gasteiger partial charge in [0.1, 0.15) is 0 Å². The average Bonchev–Trinajstić information content (AvgIpc) is 2.34. The van der Waals surface area contributed by atoms with Gasteiger partial charge in [0.15, 0.2) is 0 Å². The van der Waals surface area contributed by atoms with E-state index >= 15 is 0 Å². The lowest BCUT2D eigenvalue weighted by Gasteiger charge is -2.20. The SMILES string of the molecule is CCNCC(C)S(=O)(=O)NCCCCN(C)C(C)C. The molecular formula is C13H31N3O2S. The summed E-state index contributed by atoms with van der Waals surface area (Å²) in [5.41, 5.74) is 0. The van der Waals surface area contributed by atoms with Gasteiger partial charge in [-0.05, 0) is 53.8 Å². The van der Waals surface area contributed by atoms with Crippen LogP contribution in [-0.2, 0) is 10.0 Å². The first-order chi connectivity index (χ1) is 8.81. The number of hydrogen-bond acceptors (Lipinski definition) is 4. The van der Waals surface area contributed by atoms with Crippen LogP contribution in [0.2, 0.25) is 0 Å². The maximum atomic E-state index is 11.9. The van der Waals surface area contributed by atoms with Gasteiger partial charge >= 0.3 is 0 Å². The molecule has 0 aromatic heterocycles. The van der Waals surface area contributed by atoms with Crippen molar-refractivity contribution in [2.45, 2.75) is 51.8 Å². The fourth-order valence-corrected chi connectivity index (χ4v) is 2.61. The summed E-state index contributed by atoms with van der Waals surface area (Å²) >= 11 is 0. The zero-order chi connectivity index (χ0) is 14.9. The van der Waals surface area contributed by atoms with Crippen LogP contribution in [0.1, 0.15) is 40.5 Å². The Bertz CT molecular complexity index is 318. The van der Waals surface area contributed by atoms with E-state index < -0.39 is 10.0 Å². The molecule has 0 aliphatic carbocycles. The van der Waals surface area contributed by atoms with Gasteiger partial charge in [-0.15, -0.1) is 0 Å². The highest BCUT2D eigenvalue weighted by Crippen LogP contribution is 2.00. The molecule has 116 valence electrons. The summed E-state index contributed by atoms with van der Waals surface area (Å²) in [6, 6.07) is 0.539. The maximum absolute atomic E-state index is 11.9. The van der Waals surface area contributed by atoms with Crippen molar-refractivity contribution in [3.05, 3.63) is 0 Å². The molecule has 0 aliphatic rings. The molecule has 0 aromatic carbocycles. The molecule has 0 rings (SSSR count). The number of nitrogens with zero attached hydrogens (tertiary/aromatic N) is 1. The van der Waals surface area contributed by atoms with Gasteiger partial charge in [0, 0.05) is 19.1 Å². The smallest absolute Gasteiger partial charge is 0.215 e. The fraction of sp³-hybridized carbons (Fsp3) is 1.00. The molecule has 1 atom stereocenters. The van der Waals surface area contributed by atoms with Gasteiger partial charge in [-0.25, -0.2) is 13.1 Å². The van der Waals surface area contributed by atoms with Crippen LogP contribution in [0.3, 0.4) is 0 Å². The molecular weight excluding hydrogens is 262 g/mol. The predicted octanol–water partition coefficient (Wildman–Crippen LogP) is 1.02. The zero-order valence-corrected chi connectivity index (χ0v) is 13.9. The van der Waals surface area contributed by atoms with Gasteiger partial charge in [0.25, 0.3) is 0 Å². The van der Waals surface area contributed by atoms with Crippen molar-refractivity contribution >= 4 is 10.0 Å². The van der Waals surface area contributed by atoms with E-state index in [2.05, 4.69) is 35.8 Å². The molecule has 5 nitrogen and oxygen atoms in total. The Balaban J connectivity index is 3.81. The van der Waals surface area contributed by atoms with Gasteiger partial charge in [0.05, 0.1) is 5.25 Å². The quantitative estimate of drug-likeness (QED) is 0.559. The van der Waals surface area contributed by atoms with Gasteiger partial charge in [-0.1, -0.05) is 6.92 Å². The van der Waals surface area contributed by atoms with E-state index in [4.69, 9.17) is 0 Å². The molecule has 0 radical (unpaired) electrons. The first-order valence-corrected chi connectivity index (χ1v) is 8.75. The minimum Gasteiger partial charge on any atom is -0.316 e.